The summed E-state index contributed by atoms with van der Waals surface area (Å²) in [6, 6.07) is 10.4. The lowest BCUT2D eigenvalue weighted by atomic mass is 9.74. The second-order valence-electron chi connectivity index (χ2n) is 4.77. The second-order valence-corrected chi connectivity index (χ2v) is 4.77. The molecular formula is C14H18O2. The number of hydrogen-bond acceptors (Lipinski definition) is 2. The van der Waals surface area contributed by atoms with E-state index in [-0.39, 0.29) is 5.78 Å². The normalized spacial score (nSPS) is 30.0. The Morgan fingerprint density at radius 1 is 1.25 bits per heavy atom. The number of Topliss-reactive ketones (excluding diaryl/α,β-unsaturated/α-hetero) is 1. The van der Waals surface area contributed by atoms with Crippen molar-refractivity contribution in [2.24, 2.45) is 0 Å². The average molecular weight is 218 g/mol. The first-order valence-corrected chi connectivity index (χ1v) is 5.90. The van der Waals surface area contributed by atoms with Crippen molar-refractivity contribution in [2.45, 2.75) is 44.1 Å². The zero-order valence-corrected chi connectivity index (χ0v) is 9.65. The van der Waals surface area contributed by atoms with E-state index >= 15 is 0 Å². The van der Waals surface area contributed by atoms with Crippen molar-refractivity contribution < 1.29 is 9.90 Å². The summed E-state index contributed by atoms with van der Waals surface area (Å²) in [5.41, 5.74) is 0.277. The Kier molecular flexibility index (Phi) is 3.10. The fourth-order valence-electron chi connectivity index (χ4n) is 2.51. The van der Waals surface area contributed by atoms with Crippen LogP contribution in [0.15, 0.2) is 30.3 Å². The van der Waals surface area contributed by atoms with Crippen molar-refractivity contribution in [3.63, 3.8) is 0 Å². The molecule has 1 saturated carbocycles. The molecule has 1 N–H and O–H groups in total. The third-order valence-corrected chi connectivity index (χ3v) is 3.74. The molecule has 0 heterocycles. The van der Waals surface area contributed by atoms with Crippen molar-refractivity contribution in [3.8, 4) is 0 Å². The Hall–Kier alpha value is -1.15. The van der Waals surface area contributed by atoms with Crippen molar-refractivity contribution >= 4 is 5.78 Å². The van der Waals surface area contributed by atoms with E-state index in [1.165, 1.54) is 12.5 Å². The summed E-state index contributed by atoms with van der Waals surface area (Å²) < 4.78 is 0. The third-order valence-electron chi connectivity index (χ3n) is 3.74. The highest BCUT2D eigenvalue weighted by molar-refractivity contribution is 5.84. The lowest BCUT2D eigenvalue weighted by Crippen LogP contribution is -2.40. The van der Waals surface area contributed by atoms with Crippen LogP contribution in [0.25, 0.3) is 0 Å². The molecule has 2 nitrogen and oxygen atoms in total. The molecular weight excluding hydrogens is 200 g/mol. The minimum atomic E-state index is -1.05. The summed E-state index contributed by atoms with van der Waals surface area (Å²) in [5, 5.41) is 10.1. The summed E-state index contributed by atoms with van der Waals surface area (Å²) >= 11 is 0. The SMILES string of the molecule is CC(=O)C1(O)CCC(c2ccccc2)CC1. The van der Waals surface area contributed by atoms with Gasteiger partial charge in [-0.05, 0) is 44.1 Å². The van der Waals surface area contributed by atoms with E-state index in [4.69, 9.17) is 0 Å². The van der Waals surface area contributed by atoms with Crippen LogP contribution in [0.3, 0.4) is 0 Å². The van der Waals surface area contributed by atoms with Gasteiger partial charge in [0.15, 0.2) is 5.78 Å². The van der Waals surface area contributed by atoms with E-state index < -0.39 is 5.60 Å². The summed E-state index contributed by atoms with van der Waals surface area (Å²) in [5.74, 6) is 0.417. The topological polar surface area (TPSA) is 37.3 Å². The molecule has 16 heavy (non-hydrogen) atoms. The Morgan fingerprint density at radius 2 is 1.81 bits per heavy atom. The molecule has 86 valence electrons. The summed E-state index contributed by atoms with van der Waals surface area (Å²) in [6.07, 6.45) is 3.00. The molecule has 1 aromatic rings. The van der Waals surface area contributed by atoms with Crippen LogP contribution in [-0.2, 0) is 4.79 Å². The van der Waals surface area contributed by atoms with Gasteiger partial charge in [0.05, 0.1) is 0 Å². The van der Waals surface area contributed by atoms with Gasteiger partial charge in [-0.25, -0.2) is 0 Å². The maximum absolute atomic E-state index is 11.3. The van der Waals surface area contributed by atoms with Crippen LogP contribution in [-0.4, -0.2) is 16.5 Å². The Morgan fingerprint density at radius 3 is 2.31 bits per heavy atom. The van der Waals surface area contributed by atoms with Gasteiger partial charge in [0.1, 0.15) is 5.60 Å². The van der Waals surface area contributed by atoms with E-state index in [1.807, 2.05) is 18.2 Å². The summed E-state index contributed by atoms with van der Waals surface area (Å²) in [4.78, 5) is 11.3. The number of hydrogen-bond donors (Lipinski definition) is 1. The van der Waals surface area contributed by atoms with Crippen LogP contribution in [0.5, 0.6) is 0 Å². The van der Waals surface area contributed by atoms with E-state index in [0.717, 1.165) is 12.8 Å². The number of rotatable bonds is 2. The highest BCUT2D eigenvalue weighted by atomic mass is 16.3. The van der Waals surface area contributed by atoms with Gasteiger partial charge in [-0.1, -0.05) is 30.3 Å². The van der Waals surface area contributed by atoms with Crippen molar-refractivity contribution in [1.29, 1.82) is 0 Å². The highest BCUT2D eigenvalue weighted by Crippen LogP contribution is 2.38. The predicted molar refractivity (Wildman–Crippen MR) is 63.3 cm³/mol. The second kappa shape index (κ2) is 4.38. The first kappa shape index (κ1) is 11.3. The third kappa shape index (κ3) is 2.17. The van der Waals surface area contributed by atoms with E-state index in [1.54, 1.807) is 0 Å². The molecule has 0 saturated heterocycles. The predicted octanol–water partition coefficient (Wildman–Crippen LogP) is 2.66. The zero-order valence-electron chi connectivity index (χ0n) is 9.65. The first-order valence-electron chi connectivity index (χ1n) is 5.90. The molecule has 0 spiro atoms. The Labute approximate surface area is 96.3 Å². The first-order chi connectivity index (χ1) is 7.62. The van der Waals surface area contributed by atoms with Gasteiger partial charge in [0.2, 0.25) is 0 Å². The molecule has 2 rings (SSSR count). The minimum absolute atomic E-state index is 0.0842. The highest BCUT2D eigenvalue weighted by Gasteiger charge is 2.37. The fraction of sp³-hybridized carbons (Fsp3) is 0.500. The molecule has 1 aliphatic carbocycles. The monoisotopic (exact) mass is 218 g/mol. The summed E-state index contributed by atoms with van der Waals surface area (Å²) in [7, 11) is 0. The van der Waals surface area contributed by atoms with Gasteiger partial charge in [-0.3, -0.25) is 4.79 Å². The molecule has 0 aliphatic heterocycles. The Bertz CT molecular complexity index is 362. The van der Waals surface area contributed by atoms with Crippen LogP contribution >= 0.6 is 0 Å². The minimum Gasteiger partial charge on any atom is -0.382 e. The zero-order chi connectivity index (χ0) is 11.6. The maximum Gasteiger partial charge on any atom is 0.161 e. The molecule has 0 radical (unpaired) electrons. The van der Waals surface area contributed by atoms with E-state index in [9.17, 15) is 9.90 Å². The van der Waals surface area contributed by atoms with E-state index in [0.29, 0.717) is 18.8 Å². The standard InChI is InChI=1S/C14H18O2/c1-11(15)14(16)9-7-13(8-10-14)12-5-3-2-4-6-12/h2-6,13,16H,7-10H2,1H3. The number of carbonyl (C=O) groups is 1. The molecule has 0 bridgehead atoms. The van der Waals surface area contributed by atoms with Gasteiger partial charge < -0.3 is 5.11 Å². The van der Waals surface area contributed by atoms with Crippen LogP contribution in [0, 0.1) is 0 Å². The molecule has 1 aliphatic rings. The number of benzene rings is 1. The van der Waals surface area contributed by atoms with E-state index in [2.05, 4.69) is 12.1 Å². The lowest BCUT2D eigenvalue weighted by Gasteiger charge is -2.34. The van der Waals surface area contributed by atoms with Crippen LogP contribution < -0.4 is 0 Å². The van der Waals surface area contributed by atoms with Gasteiger partial charge in [0, 0.05) is 0 Å². The summed E-state index contributed by atoms with van der Waals surface area (Å²) in [6.45, 7) is 1.49. The quantitative estimate of drug-likeness (QED) is 0.828. The molecule has 0 atom stereocenters. The van der Waals surface area contributed by atoms with Gasteiger partial charge in [0.25, 0.3) is 0 Å². The number of aliphatic hydroxyl groups is 1. The maximum atomic E-state index is 11.3. The fourth-order valence-corrected chi connectivity index (χ4v) is 2.51. The molecule has 1 fully saturated rings. The van der Waals surface area contributed by atoms with Crippen molar-refractivity contribution in [3.05, 3.63) is 35.9 Å². The largest absolute Gasteiger partial charge is 0.382 e. The Balaban J connectivity index is 2.03. The van der Waals surface area contributed by atoms with Gasteiger partial charge >= 0.3 is 0 Å². The molecule has 0 aromatic heterocycles. The molecule has 1 aromatic carbocycles. The van der Waals surface area contributed by atoms with Crippen LogP contribution in [0.4, 0.5) is 0 Å². The molecule has 0 unspecified atom stereocenters. The van der Waals surface area contributed by atoms with Gasteiger partial charge in [-0.2, -0.15) is 0 Å². The number of carbonyl (C=O) groups excluding carboxylic acids is 1. The average Bonchev–Trinajstić information content (AvgIpc) is 2.31. The smallest absolute Gasteiger partial charge is 0.161 e. The lowest BCUT2D eigenvalue weighted by molar-refractivity contribution is -0.138. The van der Waals surface area contributed by atoms with Crippen LogP contribution in [0.2, 0.25) is 0 Å². The van der Waals surface area contributed by atoms with Gasteiger partial charge in [-0.15, -0.1) is 0 Å². The van der Waals surface area contributed by atoms with Crippen molar-refractivity contribution in [2.75, 3.05) is 0 Å². The molecule has 0 amide bonds. The van der Waals surface area contributed by atoms with Crippen molar-refractivity contribution in [1.82, 2.24) is 0 Å². The van der Waals surface area contributed by atoms with Crippen LogP contribution in [0.1, 0.15) is 44.1 Å². The number of ketones is 1. The molecule has 2 heteroatoms.